The van der Waals surface area contributed by atoms with Crippen LogP contribution in [-0.4, -0.2) is 22.8 Å². The summed E-state index contributed by atoms with van der Waals surface area (Å²) < 4.78 is 0. The zero-order valence-electron chi connectivity index (χ0n) is 11.7. The normalized spacial score (nSPS) is 39.6. The highest BCUT2D eigenvalue weighted by atomic mass is 16.4. The number of carbonyl (C=O) groups is 1. The third-order valence-electron chi connectivity index (χ3n) is 5.59. The lowest BCUT2D eigenvalue weighted by Crippen LogP contribution is -2.41. The first-order valence-electron chi connectivity index (χ1n) is 6.90. The van der Waals surface area contributed by atoms with Crippen molar-refractivity contribution in [2.75, 3.05) is 6.61 Å². The maximum atomic E-state index is 11.6. The van der Waals surface area contributed by atoms with E-state index < -0.39 is 5.97 Å². The van der Waals surface area contributed by atoms with E-state index in [2.05, 4.69) is 20.8 Å². The lowest BCUT2D eigenvalue weighted by Gasteiger charge is -2.45. The Bertz CT molecular complexity index is 397. The molecule has 0 spiro atoms. The molecule has 2 aliphatic carbocycles. The van der Waals surface area contributed by atoms with Crippen LogP contribution in [0.4, 0.5) is 0 Å². The first-order valence-corrected chi connectivity index (χ1v) is 6.90. The molecule has 1 fully saturated rings. The standard InChI is InChI=1S/C15H24O3/c1-8(2)10-5-6-15(4)9(3)12(14(17)18)13(10)11(15)7-16/h8,10-11,13,16H,5-7H2,1-4H3,(H,17,18)/t10-,11?,13+,15+/m1/s1. The molecular formula is C15H24O3. The molecule has 1 saturated carbocycles. The quantitative estimate of drug-likeness (QED) is 0.812. The van der Waals surface area contributed by atoms with E-state index in [1.807, 2.05) is 6.92 Å². The van der Waals surface area contributed by atoms with Crippen LogP contribution in [-0.2, 0) is 4.79 Å². The van der Waals surface area contributed by atoms with Crippen LogP contribution in [0.1, 0.15) is 40.5 Å². The molecule has 0 heterocycles. The Labute approximate surface area is 109 Å². The number of aliphatic hydroxyl groups excluding tert-OH is 1. The average molecular weight is 252 g/mol. The van der Waals surface area contributed by atoms with E-state index in [-0.39, 0.29) is 23.9 Å². The summed E-state index contributed by atoms with van der Waals surface area (Å²) >= 11 is 0. The Balaban J connectivity index is 2.52. The maximum Gasteiger partial charge on any atom is 0.331 e. The van der Waals surface area contributed by atoms with Crippen LogP contribution in [0.3, 0.4) is 0 Å². The Hall–Kier alpha value is -0.830. The monoisotopic (exact) mass is 252 g/mol. The van der Waals surface area contributed by atoms with Gasteiger partial charge in [-0.05, 0) is 48.9 Å². The SMILES string of the molecule is CC1=C(C(=O)O)[C@@H]2C(CO)[C@@]1(C)CC[C@@H]2C(C)C. The minimum Gasteiger partial charge on any atom is -0.478 e. The Morgan fingerprint density at radius 3 is 2.56 bits per heavy atom. The molecule has 3 nitrogen and oxygen atoms in total. The highest BCUT2D eigenvalue weighted by Crippen LogP contribution is 2.61. The summed E-state index contributed by atoms with van der Waals surface area (Å²) in [5.41, 5.74) is 1.48. The highest BCUT2D eigenvalue weighted by Gasteiger charge is 2.56. The molecule has 0 amide bonds. The number of carboxylic acids is 1. The summed E-state index contributed by atoms with van der Waals surface area (Å²) in [5.74, 6) is 0.191. The molecule has 102 valence electrons. The minimum atomic E-state index is -0.785. The van der Waals surface area contributed by atoms with E-state index in [4.69, 9.17) is 0 Å². The van der Waals surface area contributed by atoms with Crippen molar-refractivity contribution in [3.05, 3.63) is 11.1 Å². The predicted molar refractivity (Wildman–Crippen MR) is 70.1 cm³/mol. The number of fused-ring (bicyclic) bond motifs is 2. The molecule has 4 atom stereocenters. The smallest absolute Gasteiger partial charge is 0.331 e. The zero-order valence-corrected chi connectivity index (χ0v) is 11.7. The van der Waals surface area contributed by atoms with Gasteiger partial charge < -0.3 is 10.2 Å². The first kappa shape index (κ1) is 13.6. The van der Waals surface area contributed by atoms with Crippen LogP contribution in [0.15, 0.2) is 11.1 Å². The van der Waals surface area contributed by atoms with Gasteiger partial charge in [0.2, 0.25) is 0 Å². The molecule has 0 saturated heterocycles. The van der Waals surface area contributed by atoms with Crippen molar-refractivity contribution in [3.63, 3.8) is 0 Å². The zero-order chi connectivity index (χ0) is 13.7. The van der Waals surface area contributed by atoms with Crippen LogP contribution in [0, 0.1) is 29.1 Å². The summed E-state index contributed by atoms with van der Waals surface area (Å²) in [6, 6.07) is 0. The first-order chi connectivity index (χ1) is 8.34. The van der Waals surface area contributed by atoms with Crippen molar-refractivity contribution in [3.8, 4) is 0 Å². The van der Waals surface area contributed by atoms with Crippen LogP contribution in [0.5, 0.6) is 0 Å². The average Bonchev–Trinajstić information content (AvgIpc) is 2.41. The Morgan fingerprint density at radius 1 is 1.50 bits per heavy atom. The molecular weight excluding hydrogens is 228 g/mol. The van der Waals surface area contributed by atoms with E-state index in [9.17, 15) is 15.0 Å². The summed E-state index contributed by atoms with van der Waals surface area (Å²) in [7, 11) is 0. The second-order valence-corrected chi connectivity index (χ2v) is 6.52. The van der Waals surface area contributed by atoms with Crippen LogP contribution < -0.4 is 0 Å². The van der Waals surface area contributed by atoms with Crippen molar-refractivity contribution >= 4 is 5.97 Å². The van der Waals surface area contributed by atoms with Gasteiger partial charge in [-0.3, -0.25) is 0 Å². The summed E-state index contributed by atoms with van der Waals surface area (Å²) in [6.45, 7) is 8.50. The van der Waals surface area contributed by atoms with Crippen LogP contribution >= 0.6 is 0 Å². The molecule has 2 rings (SSSR count). The topological polar surface area (TPSA) is 57.5 Å². The van der Waals surface area contributed by atoms with Crippen molar-refractivity contribution in [1.29, 1.82) is 0 Å². The lowest BCUT2D eigenvalue weighted by atomic mass is 9.60. The van der Waals surface area contributed by atoms with E-state index in [0.717, 1.165) is 18.4 Å². The molecule has 2 aliphatic rings. The number of carboxylic acid groups (broad SMARTS) is 1. The van der Waals surface area contributed by atoms with Gasteiger partial charge in [-0.1, -0.05) is 26.3 Å². The third-order valence-corrected chi connectivity index (χ3v) is 5.59. The van der Waals surface area contributed by atoms with Gasteiger partial charge in [0.05, 0.1) is 0 Å². The fourth-order valence-electron chi connectivity index (χ4n) is 4.33. The molecule has 0 aromatic heterocycles. The molecule has 18 heavy (non-hydrogen) atoms. The predicted octanol–water partition coefficient (Wildman–Crippen LogP) is 2.70. The van der Waals surface area contributed by atoms with Gasteiger partial charge in [0.1, 0.15) is 0 Å². The Morgan fingerprint density at radius 2 is 2.11 bits per heavy atom. The van der Waals surface area contributed by atoms with Crippen LogP contribution in [0.2, 0.25) is 0 Å². The minimum absolute atomic E-state index is 0.0336. The van der Waals surface area contributed by atoms with Gasteiger partial charge in [-0.2, -0.15) is 0 Å². The van der Waals surface area contributed by atoms with Crippen molar-refractivity contribution < 1.29 is 15.0 Å². The van der Waals surface area contributed by atoms with Gasteiger partial charge >= 0.3 is 5.97 Å². The van der Waals surface area contributed by atoms with Gasteiger partial charge in [0.25, 0.3) is 0 Å². The fraction of sp³-hybridized carbons (Fsp3) is 0.800. The number of hydrogen-bond donors (Lipinski definition) is 2. The second kappa shape index (κ2) is 4.37. The number of hydrogen-bond acceptors (Lipinski definition) is 2. The van der Waals surface area contributed by atoms with E-state index in [1.165, 1.54) is 0 Å². The van der Waals surface area contributed by atoms with Crippen molar-refractivity contribution in [2.24, 2.45) is 29.1 Å². The molecule has 0 aromatic rings. The van der Waals surface area contributed by atoms with E-state index in [0.29, 0.717) is 17.4 Å². The van der Waals surface area contributed by atoms with Gasteiger partial charge in [0, 0.05) is 12.2 Å². The van der Waals surface area contributed by atoms with Crippen molar-refractivity contribution in [1.82, 2.24) is 0 Å². The Kier molecular flexibility index (Phi) is 3.30. The van der Waals surface area contributed by atoms with Gasteiger partial charge in [-0.15, -0.1) is 0 Å². The number of rotatable bonds is 3. The number of aliphatic hydroxyl groups is 1. The van der Waals surface area contributed by atoms with Gasteiger partial charge in [0.15, 0.2) is 0 Å². The molecule has 2 N–H and O–H groups in total. The van der Waals surface area contributed by atoms with Crippen LogP contribution in [0.25, 0.3) is 0 Å². The summed E-state index contributed by atoms with van der Waals surface area (Å²) in [4.78, 5) is 11.6. The third kappa shape index (κ3) is 1.63. The summed E-state index contributed by atoms with van der Waals surface area (Å²) in [6.07, 6.45) is 2.07. The molecule has 3 heteroatoms. The number of allylic oxidation sites excluding steroid dienone is 1. The number of aliphatic carboxylic acids is 1. The van der Waals surface area contributed by atoms with E-state index in [1.54, 1.807) is 0 Å². The highest BCUT2D eigenvalue weighted by molar-refractivity contribution is 5.89. The molecule has 0 aromatic carbocycles. The molecule has 2 bridgehead atoms. The van der Waals surface area contributed by atoms with Gasteiger partial charge in [-0.25, -0.2) is 4.79 Å². The maximum absolute atomic E-state index is 11.6. The second-order valence-electron chi connectivity index (χ2n) is 6.52. The lowest BCUT2D eigenvalue weighted by molar-refractivity contribution is -0.133. The molecule has 0 radical (unpaired) electrons. The summed E-state index contributed by atoms with van der Waals surface area (Å²) in [5, 5.41) is 19.3. The van der Waals surface area contributed by atoms with Crippen molar-refractivity contribution in [2.45, 2.75) is 40.5 Å². The molecule has 0 aliphatic heterocycles. The fourth-order valence-corrected chi connectivity index (χ4v) is 4.33. The largest absolute Gasteiger partial charge is 0.478 e. The molecule has 1 unspecified atom stereocenters. The van der Waals surface area contributed by atoms with E-state index >= 15 is 0 Å².